The van der Waals surface area contributed by atoms with E-state index < -0.39 is 0 Å². The molecule has 0 aliphatic carbocycles. The van der Waals surface area contributed by atoms with Crippen LogP contribution in [0.25, 0.3) is 0 Å². The fourth-order valence-electron chi connectivity index (χ4n) is 3.05. The van der Waals surface area contributed by atoms with Crippen LogP contribution in [0, 0.1) is 12.3 Å². The molecular weight excluding hydrogens is 300 g/mol. The summed E-state index contributed by atoms with van der Waals surface area (Å²) in [6.07, 6.45) is 1.05. The highest BCUT2D eigenvalue weighted by Gasteiger charge is 2.33. The van der Waals surface area contributed by atoms with Gasteiger partial charge in [0.1, 0.15) is 0 Å². The molecule has 1 heterocycles. The number of nitrogens with zero attached hydrogens (tertiary/aromatic N) is 1. The first-order valence-electron chi connectivity index (χ1n) is 7.57. The van der Waals surface area contributed by atoms with E-state index in [1.54, 1.807) is 14.2 Å². The molecule has 1 aliphatic heterocycles. The number of hydrogen-bond donors (Lipinski definition) is 1. The summed E-state index contributed by atoms with van der Waals surface area (Å²) in [7, 11) is 3.35. The molecule has 1 aromatic rings. The lowest BCUT2D eigenvalue weighted by Crippen LogP contribution is -2.52. The molecule has 1 atom stereocenters. The normalized spacial score (nSPS) is 21.1. The number of likely N-dealkylation sites (tertiary alicyclic amines) is 1. The van der Waals surface area contributed by atoms with Gasteiger partial charge < -0.3 is 15.2 Å². The van der Waals surface area contributed by atoms with Crippen LogP contribution in [-0.2, 0) is 6.54 Å². The monoisotopic (exact) mass is 328 g/mol. The van der Waals surface area contributed by atoms with Crippen molar-refractivity contribution in [1.29, 1.82) is 0 Å². The molecule has 0 spiro atoms. The molecule has 4 nitrogen and oxygen atoms in total. The number of hydrogen-bond acceptors (Lipinski definition) is 4. The van der Waals surface area contributed by atoms with Crippen LogP contribution < -0.4 is 15.2 Å². The molecule has 0 amide bonds. The van der Waals surface area contributed by atoms with Gasteiger partial charge in [0.25, 0.3) is 0 Å². The van der Waals surface area contributed by atoms with E-state index in [1.165, 1.54) is 11.1 Å². The zero-order valence-corrected chi connectivity index (χ0v) is 15.1. The minimum absolute atomic E-state index is 0. The fraction of sp³-hybridized carbons (Fsp3) is 0.647. The second-order valence-corrected chi connectivity index (χ2v) is 6.73. The van der Waals surface area contributed by atoms with E-state index in [9.17, 15) is 0 Å². The van der Waals surface area contributed by atoms with E-state index in [2.05, 4.69) is 37.8 Å². The molecule has 1 fully saturated rings. The van der Waals surface area contributed by atoms with Crippen LogP contribution in [-0.4, -0.2) is 38.3 Å². The van der Waals surface area contributed by atoms with E-state index in [4.69, 9.17) is 15.2 Å². The zero-order valence-electron chi connectivity index (χ0n) is 14.3. The molecule has 1 aliphatic rings. The lowest BCUT2D eigenvalue weighted by molar-refractivity contribution is 0.0896. The summed E-state index contributed by atoms with van der Waals surface area (Å²) in [6, 6.07) is 4.44. The van der Waals surface area contributed by atoms with Gasteiger partial charge in [-0.15, -0.1) is 12.4 Å². The number of halogens is 1. The van der Waals surface area contributed by atoms with E-state index >= 15 is 0 Å². The molecule has 0 saturated carbocycles. The Kier molecular flexibility index (Phi) is 6.53. The maximum Gasteiger partial charge on any atom is 0.161 e. The first kappa shape index (κ1) is 19.1. The lowest BCUT2D eigenvalue weighted by Gasteiger charge is -2.42. The first-order chi connectivity index (χ1) is 9.87. The van der Waals surface area contributed by atoms with Crippen molar-refractivity contribution in [3.8, 4) is 11.5 Å². The molecule has 0 bridgehead atoms. The smallest absolute Gasteiger partial charge is 0.161 e. The predicted octanol–water partition coefficient (Wildman–Crippen LogP) is 2.99. The highest BCUT2D eigenvalue weighted by molar-refractivity contribution is 5.85. The van der Waals surface area contributed by atoms with Crippen molar-refractivity contribution in [2.24, 2.45) is 11.1 Å². The van der Waals surface area contributed by atoms with Gasteiger partial charge in [-0.1, -0.05) is 13.8 Å². The zero-order chi connectivity index (χ0) is 15.6. The second-order valence-electron chi connectivity index (χ2n) is 6.73. The Morgan fingerprint density at radius 2 is 1.82 bits per heavy atom. The molecule has 126 valence electrons. The average molecular weight is 329 g/mol. The lowest BCUT2D eigenvalue weighted by atomic mass is 9.79. The Morgan fingerprint density at radius 3 is 2.36 bits per heavy atom. The predicted molar refractivity (Wildman–Crippen MR) is 93.2 cm³/mol. The maximum absolute atomic E-state index is 6.22. The highest BCUT2D eigenvalue weighted by atomic mass is 35.5. The topological polar surface area (TPSA) is 47.7 Å². The van der Waals surface area contributed by atoms with Gasteiger partial charge in [-0.2, -0.15) is 0 Å². The van der Waals surface area contributed by atoms with Gasteiger partial charge in [0.05, 0.1) is 14.2 Å². The molecule has 5 heteroatoms. The number of ether oxygens (including phenoxy) is 2. The Balaban J connectivity index is 0.00000242. The molecule has 1 aromatic carbocycles. The Morgan fingerprint density at radius 1 is 1.23 bits per heavy atom. The molecule has 0 aromatic heterocycles. The number of nitrogens with two attached hydrogens (primary N) is 1. The van der Waals surface area contributed by atoms with Gasteiger partial charge >= 0.3 is 0 Å². The minimum Gasteiger partial charge on any atom is -0.493 e. The van der Waals surface area contributed by atoms with Crippen LogP contribution in [0.1, 0.15) is 31.4 Å². The summed E-state index contributed by atoms with van der Waals surface area (Å²) in [5, 5.41) is 0. The standard InChI is InChI=1S/C17H28N2O2.ClH/c1-12-8-14(20-4)15(21-5)9-13(12)10-19-7-6-16(18)17(2,3)11-19;/h8-9,16H,6-7,10-11,18H2,1-5H3;1H. The number of piperidine rings is 1. The van der Waals surface area contributed by atoms with Crippen LogP contribution in [0.3, 0.4) is 0 Å². The number of rotatable bonds is 4. The number of aryl methyl sites for hydroxylation is 1. The van der Waals surface area contributed by atoms with E-state index in [1.807, 2.05) is 0 Å². The van der Waals surface area contributed by atoms with Gasteiger partial charge in [0.15, 0.2) is 11.5 Å². The second kappa shape index (κ2) is 7.53. The van der Waals surface area contributed by atoms with Crippen LogP contribution in [0.5, 0.6) is 11.5 Å². The molecule has 2 rings (SSSR count). The summed E-state index contributed by atoms with van der Waals surface area (Å²) in [5.41, 5.74) is 8.91. The summed E-state index contributed by atoms with van der Waals surface area (Å²) in [5.74, 6) is 1.59. The van der Waals surface area contributed by atoms with Crippen LogP contribution in [0.15, 0.2) is 12.1 Å². The van der Waals surface area contributed by atoms with E-state index in [0.29, 0.717) is 6.04 Å². The van der Waals surface area contributed by atoms with Gasteiger partial charge in [0.2, 0.25) is 0 Å². The minimum atomic E-state index is 0. The van der Waals surface area contributed by atoms with Crippen molar-refractivity contribution in [2.45, 2.75) is 39.8 Å². The molecule has 1 unspecified atom stereocenters. The first-order valence-corrected chi connectivity index (χ1v) is 7.57. The third kappa shape index (κ3) is 4.06. The van der Waals surface area contributed by atoms with Gasteiger partial charge in [-0.3, -0.25) is 4.90 Å². The third-order valence-electron chi connectivity index (χ3n) is 4.63. The van der Waals surface area contributed by atoms with Gasteiger partial charge in [-0.25, -0.2) is 0 Å². The van der Waals surface area contributed by atoms with Crippen molar-refractivity contribution in [2.75, 3.05) is 27.3 Å². The Labute approximate surface area is 140 Å². The van der Waals surface area contributed by atoms with Crippen molar-refractivity contribution < 1.29 is 9.47 Å². The van der Waals surface area contributed by atoms with Crippen LogP contribution in [0.4, 0.5) is 0 Å². The van der Waals surface area contributed by atoms with Crippen molar-refractivity contribution >= 4 is 12.4 Å². The fourth-order valence-corrected chi connectivity index (χ4v) is 3.05. The largest absolute Gasteiger partial charge is 0.493 e. The van der Waals surface area contributed by atoms with Crippen molar-refractivity contribution in [3.63, 3.8) is 0 Å². The van der Waals surface area contributed by atoms with Gasteiger partial charge in [0, 0.05) is 25.7 Å². The van der Waals surface area contributed by atoms with Crippen molar-refractivity contribution in [1.82, 2.24) is 4.90 Å². The SMILES string of the molecule is COc1cc(C)c(CN2CCC(N)C(C)(C)C2)cc1OC.Cl. The van der Waals surface area contributed by atoms with E-state index in [-0.39, 0.29) is 17.8 Å². The molecule has 1 saturated heterocycles. The Hall–Kier alpha value is -0.970. The summed E-state index contributed by atoms with van der Waals surface area (Å²) >= 11 is 0. The molecular formula is C17H29ClN2O2. The third-order valence-corrected chi connectivity index (χ3v) is 4.63. The van der Waals surface area contributed by atoms with Gasteiger partial charge in [-0.05, 0) is 42.0 Å². The summed E-state index contributed by atoms with van der Waals surface area (Å²) in [6.45, 7) is 9.65. The number of methoxy groups -OCH3 is 2. The summed E-state index contributed by atoms with van der Waals surface area (Å²) in [4.78, 5) is 2.48. The highest BCUT2D eigenvalue weighted by Crippen LogP contribution is 2.33. The van der Waals surface area contributed by atoms with Crippen LogP contribution in [0.2, 0.25) is 0 Å². The van der Waals surface area contributed by atoms with Crippen molar-refractivity contribution in [3.05, 3.63) is 23.3 Å². The Bertz CT molecular complexity index is 506. The van der Waals surface area contributed by atoms with E-state index in [0.717, 1.165) is 37.6 Å². The quantitative estimate of drug-likeness (QED) is 0.923. The summed E-state index contributed by atoms with van der Waals surface area (Å²) < 4.78 is 10.8. The molecule has 2 N–H and O–H groups in total. The molecule has 0 radical (unpaired) electrons. The number of benzene rings is 1. The maximum atomic E-state index is 6.22. The average Bonchev–Trinajstić information content (AvgIpc) is 2.44. The molecule has 22 heavy (non-hydrogen) atoms. The van der Waals surface area contributed by atoms with Crippen LogP contribution >= 0.6 is 12.4 Å².